The van der Waals surface area contributed by atoms with Gasteiger partial charge in [0.15, 0.2) is 8.32 Å². The summed E-state index contributed by atoms with van der Waals surface area (Å²) in [5.74, 6) is -0.209. The van der Waals surface area contributed by atoms with Crippen LogP contribution in [0.5, 0.6) is 0 Å². The van der Waals surface area contributed by atoms with Crippen molar-refractivity contribution in [3.63, 3.8) is 0 Å². The van der Waals surface area contributed by atoms with Crippen molar-refractivity contribution in [2.45, 2.75) is 158 Å². The highest BCUT2D eigenvalue weighted by Gasteiger charge is 2.62. The second kappa shape index (κ2) is 20.5. The summed E-state index contributed by atoms with van der Waals surface area (Å²) in [6.07, 6.45) is 4.50. The van der Waals surface area contributed by atoms with Gasteiger partial charge in [-0.2, -0.15) is 0 Å². The summed E-state index contributed by atoms with van der Waals surface area (Å²) in [7, 11) is -8.89. The van der Waals surface area contributed by atoms with E-state index in [9.17, 15) is 14.7 Å². The number of hydrogen-bond donors (Lipinski definition) is 3. The van der Waals surface area contributed by atoms with E-state index in [1.165, 1.54) is 0 Å². The van der Waals surface area contributed by atoms with E-state index in [1.54, 1.807) is 0 Å². The Balaban J connectivity index is 1.34. The molecule has 9 atom stereocenters. The van der Waals surface area contributed by atoms with Gasteiger partial charge in [0.1, 0.15) is 0 Å². The minimum Gasteiger partial charge on any atom is -0.424 e. The number of aliphatic hydroxyl groups is 1. The van der Waals surface area contributed by atoms with Crippen LogP contribution >= 0.6 is 0 Å². The first-order valence-corrected chi connectivity index (χ1v) is 30.7. The van der Waals surface area contributed by atoms with Gasteiger partial charge < -0.3 is 33.3 Å². The Morgan fingerprint density at radius 2 is 1.05 bits per heavy atom. The van der Waals surface area contributed by atoms with Crippen LogP contribution in [0.4, 0.5) is 0 Å². The summed E-state index contributed by atoms with van der Waals surface area (Å²) in [6, 6.07) is 44.3. The number of aliphatic hydroxyl groups excluding tert-OH is 1. The van der Waals surface area contributed by atoms with Crippen molar-refractivity contribution < 1.29 is 33.3 Å². The fourth-order valence-corrected chi connectivity index (χ4v) is 22.4. The van der Waals surface area contributed by atoms with Crippen LogP contribution in [0, 0.1) is 11.8 Å². The molecular weight excluding hydrogens is 845 g/mol. The molecule has 0 radical (unpaired) electrons. The summed E-state index contributed by atoms with van der Waals surface area (Å²) in [6.45, 7) is 20.2. The molecule has 0 amide bonds. The number of fused-ring (bicyclic) bond motifs is 2. The Kier molecular flexibility index (Phi) is 15.6. The molecule has 3 heterocycles. The van der Waals surface area contributed by atoms with E-state index in [2.05, 4.69) is 104 Å². The Morgan fingerprint density at radius 1 is 0.625 bits per heavy atom. The lowest BCUT2D eigenvalue weighted by atomic mass is 9.74. The fourth-order valence-electron chi connectivity index (χ4n) is 12.1. The van der Waals surface area contributed by atoms with Crippen molar-refractivity contribution in [3.05, 3.63) is 134 Å². The van der Waals surface area contributed by atoms with Crippen molar-refractivity contribution >= 4 is 45.7 Å². The van der Waals surface area contributed by atoms with E-state index in [4.69, 9.17) is 18.6 Å². The van der Waals surface area contributed by atoms with Crippen LogP contribution in [0.2, 0.25) is 28.2 Å². The zero-order valence-electron chi connectivity index (χ0n) is 39.6. The predicted octanol–water partition coefficient (Wildman–Crippen LogP) is 8.50. The lowest BCUT2D eigenvalue weighted by molar-refractivity contribution is -0.243. The van der Waals surface area contributed by atoms with Crippen molar-refractivity contribution in [3.8, 4) is 0 Å². The molecule has 4 aromatic carbocycles. The molecule has 7 rings (SSSR count). The van der Waals surface area contributed by atoms with E-state index in [1.807, 2.05) is 78.9 Å². The van der Waals surface area contributed by atoms with Crippen LogP contribution < -0.4 is 20.7 Å². The second-order valence-corrected chi connectivity index (χ2v) is 32.9. The zero-order chi connectivity index (χ0) is 45.8. The highest BCUT2D eigenvalue weighted by atomic mass is 28.4. The van der Waals surface area contributed by atoms with E-state index < -0.39 is 35.0 Å². The largest absolute Gasteiger partial charge is 0.424 e. The van der Waals surface area contributed by atoms with Gasteiger partial charge in [-0.15, -0.1) is 6.58 Å². The molecule has 3 aliphatic heterocycles. The van der Waals surface area contributed by atoms with Crippen molar-refractivity contribution in [2.24, 2.45) is 11.8 Å². The molecule has 1 unspecified atom stereocenters. The Bertz CT molecular complexity index is 1980. The van der Waals surface area contributed by atoms with Crippen molar-refractivity contribution in [1.82, 2.24) is 0 Å². The molecule has 3 N–H and O–H groups in total. The van der Waals surface area contributed by atoms with E-state index in [0.29, 0.717) is 25.7 Å². The van der Waals surface area contributed by atoms with Crippen LogP contribution in [-0.2, 0) is 18.6 Å². The average Bonchev–Trinajstić information content (AvgIpc) is 3.65. The maximum Gasteiger partial charge on any atom is 0.258 e. The Hall–Kier alpha value is -3.01. The Labute approximate surface area is 387 Å². The van der Waals surface area contributed by atoms with Gasteiger partial charge >= 0.3 is 0 Å². The molecule has 3 aliphatic rings. The number of hydrogen-bond acceptors (Lipinski definition) is 7. The molecule has 0 aromatic heterocycles. The molecule has 3 fully saturated rings. The fraction of sp³-hybridized carbons (Fsp3) is 0.519. The van der Waals surface area contributed by atoms with Crippen LogP contribution in [0.1, 0.15) is 87.0 Å². The molecule has 0 saturated carbocycles. The minimum absolute atomic E-state index is 0.0617. The standard InChI is InChI=1S/C54H76O7Si3/c1-9-40(61-62(10-2,11-3)12-4)37-49-46(38-53(5,6)63(56,42-25-17-13-18-26-42)43-27-19-14-20-28-43)51-52(60-49)47(50-48(59-51)34-33-41(58-50)35-36-55)39-54(7,8)64(57,44-29-21-15-22-30-44)45-31-23-16-24-32-45/h9,13-32,40-41,46-52,55-57H,1,10-12,33-39H2,2-8H3/t40?,41-,46+,47+,48+,49-,50-,51+,52+/m1/s1. The first kappa shape index (κ1) is 48.9. The predicted molar refractivity (Wildman–Crippen MR) is 268 cm³/mol. The highest BCUT2D eigenvalue weighted by molar-refractivity contribution is 6.99. The van der Waals surface area contributed by atoms with Crippen LogP contribution in [0.15, 0.2) is 134 Å². The average molecular weight is 921 g/mol. The quantitative estimate of drug-likeness (QED) is 0.0605. The van der Waals surface area contributed by atoms with Gasteiger partial charge in [-0.05, 0) is 81.1 Å². The van der Waals surface area contributed by atoms with Gasteiger partial charge in [0.2, 0.25) is 0 Å². The zero-order valence-corrected chi connectivity index (χ0v) is 42.6. The van der Waals surface area contributed by atoms with Gasteiger partial charge in [0, 0.05) is 24.9 Å². The van der Waals surface area contributed by atoms with Gasteiger partial charge in [-0.3, -0.25) is 0 Å². The third-order valence-electron chi connectivity index (χ3n) is 16.0. The van der Waals surface area contributed by atoms with Crippen molar-refractivity contribution in [2.75, 3.05) is 6.61 Å². The molecule has 0 spiro atoms. The number of ether oxygens (including phenoxy) is 3. The normalized spacial score (nSPS) is 25.9. The van der Waals surface area contributed by atoms with E-state index >= 15 is 0 Å². The van der Waals surface area contributed by atoms with Gasteiger partial charge in [-0.1, -0.05) is 176 Å². The number of rotatable bonds is 20. The molecule has 0 aliphatic carbocycles. The maximum atomic E-state index is 13.5. The molecule has 0 bridgehead atoms. The first-order chi connectivity index (χ1) is 30.7. The molecular formula is C54H76O7Si3. The van der Waals surface area contributed by atoms with Gasteiger partial charge in [0.25, 0.3) is 16.6 Å². The minimum atomic E-state index is -3.44. The lowest BCUT2D eigenvalue weighted by Gasteiger charge is -2.52. The summed E-state index contributed by atoms with van der Waals surface area (Å²) < 4.78 is 29.3. The molecule has 10 heteroatoms. The third kappa shape index (κ3) is 9.44. The van der Waals surface area contributed by atoms with E-state index in [0.717, 1.165) is 51.7 Å². The molecule has 4 aromatic rings. The monoisotopic (exact) mass is 920 g/mol. The lowest BCUT2D eigenvalue weighted by Crippen LogP contribution is -2.67. The topological polar surface area (TPSA) is 97.6 Å². The highest BCUT2D eigenvalue weighted by Crippen LogP contribution is 2.55. The molecule has 7 nitrogen and oxygen atoms in total. The second-order valence-electron chi connectivity index (χ2n) is 20.4. The van der Waals surface area contributed by atoms with Gasteiger partial charge in [-0.25, -0.2) is 0 Å². The summed E-state index contributed by atoms with van der Waals surface area (Å²) in [5.41, 5.74) is 0. The van der Waals surface area contributed by atoms with Crippen LogP contribution in [0.25, 0.3) is 0 Å². The maximum absolute atomic E-state index is 13.5. The smallest absolute Gasteiger partial charge is 0.258 e. The summed E-state index contributed by atoms with van der Waals surface area (Å²) in [5, 5.41) is 12.9. The summed E-state index contributed by atoms with van der Waals surface area (Å²) >= 11 is 0. The molecule has 346 valence electrons. The Morgan fingerprint density at radius 3 is 1.45 bits per heavy atom. The summed E-state index contributed by atoms with van der Waals surface area (Å²) in [4.78, 5) is 27.1. The van der Waals surface area contributed by atoms with E-state index in [-0.39, 0.29) is 61.2 Å². The van der Waals surface area contributed by atoms with Crippen molar-refractivity contribution in [1.29, 1.82) is 0 Å². The molecule has 3 saturated heterocycles. The number of benzene rings is 4. The van der Waals surface area contributed by atoms with Crippen LogP contribution in [-0.4, -0.2) is 89.0 Å². The van der Waals surface area contributed by atoms with Crippen LogP contribution in [0.3, 0.4) is 0 Å². The first-order valence-electron chi connectivity index (χ1n) is 24.2. The van der Waals surface area contributed by atoms with Gasteiger partial charge in [0.05, 0.1) is 42.7 Å². The molecule has 64 heavy (non-hydrogen) atoms. The SMILES string of the molecule is C=CC(C[C@H]1O[C@H]2[C@@H](CC(C)(C)[Si](O)(c3ccccc3)c3ccccc3)[C@H]3O[C@@H](CCO)CC[C@@H]3O[C@H]2[C@H]1CC(C)(C)[Si](O)(c1ccccc1)c1ccccc1)O[Si](CC)(CC)CC. The third-order valence-corrected chi connectivity index (χ3v) is 29.6.